The van der Waals surface area contributed by atoms with Crippen molar-refractivity contribution >= 4 is 0 Å². The summed E-state index contributed by atoms with van der Waals surface area (Å²) >= 11 is 0. The molecule has 0 spiro atoms. The molecule has 31 heavy (non-hydrogen) atoms. The molecule has 0 N–H and O–H groups in total. The SMILES string of the molecule is CCC(C)(C)c1c(OCC2CO2)ccc(OCC2CO2)c1C12CC3CC(CC(C3)C1)C2. The van der Waals surface area contributed by atoms with Crippen LogP contribution < -0.4 is 9.47 Å². The Bertz CT molecular complexity index is 801. The van der Waals surface area contributed by atoms with E-state index in [-0.39, 0.29) is 23.0 Å². The maximum absolute atomic E-state index is 6.52. The van der Waals surface area contributed by atoms with Crippen LogP contribution in [0.25, 0.3) is 0 Å². The van der Waals surface area contributed by atoms with Gasteiger partial charge in [0.2, 0.25) is 0 Å². The third-order valence-corrected chi connectivity index (χ3v) is 8.91. The summed E-state index contributed by atoms with van der Waals surface area (Å²) in [6.45, 7) is 10.1. The minimum Gasteiger partial charge on any atom is -0.490 e. The zero-order valence-corrected chi connectivity index (χ0v) is 19.5. The maximum atomic E-state index is 6.52. The molecule has 1 aromatic carbocycles. The van der Waals surface area contributed by atoms with Crippen LogP contribution in [0.5, 0.6) is 11.5 Å². The lowest BCUT2D eigenvalue weighted by atomic mass is 9.47. The van der Waals surface area contributed by atoms with Gasteiger partial charge >= 0.3 is 0 Å². The molecular weight excluding hydrogens is 388 g/mol. The van der Waals surface area contributed by atoms with Crippen LogP contribution in [-0.4, -0.2) is 38.6 Å². The van der Waals surface area contributed by atoms with Crippen molar-refractivity contribution in [1.82, 2.24) is 0 Å². The number of hydrogen-bond donors (Lipinski definition) is 0. The highest BCUT2D eigenvalue weighted by Gasteiger charge is 2.54. The molecule has 2 saturated heterocycles. The molecule has 6 aliphatic rings. The number of epoxide rings is 2. The van der Waals surface area contributed by atoms with E-state index in [9.17, 15) is 0 Å². The summed E-state index contributed by atoms with van der Waals surface area (Å²) in [6, 6.07) is 4.37. The average molecular weight is 427 g/mol. The van der Waals surface area contributed by atoms with Crippen molar-refractivity contribution in [3.05, 3.63) is 23.3 Å². The van der Waals surface area contributed by atoms with Crippen LogP contribution in [0, 0.1) is 17.8 Å². The lowest BCUT2D eigenvalue weighted by molar-refractivity contribution is -0.00746. The molecule has 0 aromatic heterocycles. The molecule has 2 aliphatic heterocycles. The minimum absolute atomic E-state index is 0.0356. The van der Waals surface area contributed by atoms with Gasteiger partial charge in [0.25, 0.3) is 0 Å². The molecule has 7 rings (SSSR count). The van der Waals surface area contributed by atoms with Gasteiger partial charge in [-0.3, -0.25) is 0 Å². The number of benzene rings is 1. The van der Waals surface area contributed by atoms with Crippen LogP contribution in [0.15, 0.2) is 12.1 Å². The van der Waals surface area contributed by atoms with Gasteiger partial charge in [-0.05, 0) is 80.2 Å². The second-order valence-corrected chi connectivity index (χ2v) is 11.8. The van der Waals surface area contributed by atoms with Gasteiger partial charge in [-0.1, -0.05) is 20.8 Å². The molecule has 6 fully saturated rings. The Hall–Kier alpha value is -1.26. The van der Waals surface area contributed by atoms with E-state index in [0.717, 1.165) is 48.9 Å². The first-order valence-corrected chi connectivity index (χ1v) is 12.6. The third kappa shape index (κ3) is 3.78. The van der Waals surface area contributed by atoms with Crippen LogP contribution in [0.4, 0.5) is 0 Å². The zero-order chi connectivity index (χ0) is 21.2. The Labute approximate surface area is 187 Å². The van der Waals surface area contributed by atoms with Crippen molar-refractivity contribution in [3.8, 4) is 11.5 Å². The van der Waals surface area contributed by atoms with Crippen molar-refractivity contribution in [1.29, 1.82) is 0 Å². The predicted molar refractivity (Wildman–Crippen MR) is 120 cm³/mol. The van der Waals surface area contributed by atoms with E-state index in [1.54, 1.807) is 0 Å². The molecule has 2 atom stereocenters. The van der Waals surface area contributed by atoms with Crippen molar-refractivity contribution < 1.29 is 18.9 Å². The lowest BCUT2D eigenvalue weighted by Crippen LogP contribution is -2.49. The second kappa shape index (κ2) is 7.38. The Kier molecular flexibility index (Phi) is 4.85. The Morgan fingerprint density at radius 3 is 1.84 bits per heavy atom. The molecule has 1 aromatic rings. The van der Waals surface area contributed by atoms with Crippen LogP contribution in [0.1, 0.15) is 76.8 Å². The van der Waals surface area contributed by atoms with Gasteiger partial charge in [0.05, 0.1) is 13.2 Å². The molecule has 170 valence electrons. The molecule has 0 radical (unpaired) electrons. The topological polar surface area (TPSA) is 43.5 Å². The fraction of sp³-hybridized carbons (Fsp3) is 0.778. The highest BCUT2D eigenvalue weighted by Crippen LogP contribution is 2.64. The van der Waals surface area contributed by atoms with Crippen LogP contribution in [0.2, 0.25) is 0 Å². The van der Waals surface area contributed by atoms with E-state index in [4.69, 9.17) is 18.9 Å². The van der Waals surface area contributed by atoms with Gasteiger partial charge < -0.3 is 18.9 Å². The summed E-state index contributed by atoms with van der Waals surface area (Å²) in [5.74, 6) is 4.85. The molecule has 0 amide bonds. The highest BCUT2D eigenvalue weighted by atomic mass is 16.6. The van der Waals surface area contributed by atoms with Gasteiger partial charge in [-0.25, -0.2) is 0 Å². The smallest absolute Gasteiger partial charge is 0.123 e. The van der Waals surface area contributed by atoms with E-state index < -0.39 is 0 Å². The minimum atomic E-state index is 0.0356. The summed E-state index contributed by atoms with van der Waals surface area (Å²) < 4.78 is 23.9. The lowest BCUT2D eigenvalue weighted by Gasteiger charge is -2.58. The molecule has 4 saturated carbocycles. The molecule has 4 aliphatic carbocycles. The van der Waals surface area contributed by atoms with Gasteiger partial charge in [-0.15, -0.1) is 0 Å². The monoisotopic (exact) mass is 426 g/mol. The molecule has 4 nitrogen and oxygen atoms in total. The fourth-order valence-electron chi connectivity index (χ4n) is 7.29. The van der Waals surface area contributed by atoms with E-state index in [1.165, 1.54) is 49.7 Å². The largest absolute Gasteiger partial charge is 0.490 e. The van der Waals surface area contributed by atoms with E-state index in [2.05, 4.69) is 32.9 Å². The number of rotatable bonds is 9. The van der Waals surface area contributed by atoms with Gasteiger partial charge in [-0.2, -0.15) is 0 Å². The fourth-order valence-corrected chi connectivity index (χ4v) is 7.29. The van der Waals surface area contributed by atoms with Crippen LogP contribution in [0.3, 0.4) is 0 Å². The van der Waals surface area contributed by atoms with E-state index in [1.807, 2.05) is 0 Å². The first kappa shape index (κ1) is 20.4. The molecule has 2 unspecified atom stereocenters. The summed E-state index contributed by atoms with van der Waals surface area (Å²) in [4.78, 5) is 0. The third-order valence-electron chi connectivity index (χ3n) is 8.91. The molecule has 4 heteroatoms. The molecular formula is C27H38O4. The quantitative estimate of drug-likeness (QED) is 0.496. The van der Waals surface area contributed by atoms with E-state index in [0.29, 0.717) is 13.2 Å². The van der Waals surface area contributed by atoms with Gasteiger partial charge in [0, 0.05) is 16.5 Å². The van der Waals surface area contributed by atoms with Crippen molar-refractivity contribution in [2.45, 2.75) is 88.8 Å². The summed E-state index contributed by atoms with van der Waals surface area (Å²) in [5.41, 5.74) is 3.19. The summed E-state index contributed by atoms with van der Waals surface area (Å²) in [6.07, 6.45) is 9.97. The van der Waals surface area contributed by atoms with E-state index >= 15 is 0 Å². The highest BCUT2D eigenvalue weighted by molar-refractivity contribution is 5.56. The summed E-state index contributed by atoms with van der Waals surface area (Å²) in [7, 11) is 0. The molecule has 4 bridgehead atoms. The number of ether oxygens (including phenoxy) is 4. The van der Waals surface area contributed by atoms with Crippen molar-refractivity contribution in [3.63, 3.8) is 0 Å². The van der Waals surface area contributed by atoms with Crippen molar-refractivity contribution in [2.24, 2.45) is 17.8 Å². The van der Waals surface area contributed by atoms with Crippen molar-refractivity contribution in [2.75, 3.05) is 26.4 Å². The Morgan fingerprint density at radius 1 is 0.871 bits per heavy atom. The standard InChI is InChI=1S/C27H38O4/c1-4-26(2,3)24-22(30-15-20-13-28-20)5-6-23(31-16-21-14-29-21)25(24)27-10-17-7-18(11-27)9-19(8-17)12-27/h5-6,17-21H,4,7-16H2,1-3H3. The van der Waals surface area contributed by atoms with Gasteiger partial charge in [0.1, 0.15) is 36.9 Å². The Balaban J connectivity index is 1.47. The van der Waals surface area contributed by atoms with Crippen LogP contribution in [-0.2, 0) is 20.3 Å². The molecule has 2 heterocycles. The Morgan fingerprint density at radius 2 is 1.35 bits per heavy atom. The first-order chi connectivity index (χ1) is 15.0. The average Bonchev–Trinajstić information content (AvgIpc) is 3.64. The van der Waals surface area contributed by atoms with Crippen LogP contribution >= 0.6 is 0 Å². The second-order valence-electron chi connectivity index (χ2n) is 11.8. The zero-order valence-electron chi connectivity index (χ0n) is 19.5. The number of hydrogen-bond acceptors (Lipinski definition) is 4. The first-order valence-electron chi connectivity index (χ1n) is 12.6. The summed E-state index contributed by atoms with van der Waals surface area (Å²) in [5, 5.41) is 0. The maximum Gasteiger partial charge on any atom is 0.123 e. The van der Waals surface area contributed by atoms with Gasteiger partial charge in [0.15, 0.2) is 0 Å². The predicted octanol–water partition coefficient (Wildman–Crippen LogP) is 5.40. The normalized spacial score (nSPS) is 37.7.